The first-order chi connectivity index (χ1) is 6.38. The van der Waals surface area contributed by atoms with Gasteiger partial charge in [-0.1, -0.05) is 35.5 Å². The van der Waals surface area contributed by atoms with Crippen LogP contribution >= 0.6 is 0 Å². The Morgan fingerprint density at radius 2 is 1.92 bits per heavy atom. The van der Waals surface area contributed by atoms with E-state index in [1.165, 1.54) is 6.21 Å². The number of hydrogen-bond acceptors (Lipinski definition) is 4. The Morgan fingerprint density at radius 3 is 2.46 bits per heavy atom. The van der Waals surface area contributed by atoms with Crippen LogP contribution in [0.4, 0.5) is 0 Å². The van der Waals surface area contributed by atoms with Crippen LogP contribution in [-0.4, -0.2) is 22.3 Å². The van der Waals surface area contributed by atoms with Gasteiger partial charge in [-0.3, -0.25) is 0 Å². The van der Waals surface area contributed by atoms with Crippen LogP contribution < -0.4 is 0 Å². The van der Waals surface area contributed by atoms with E-state index in [0.29, 0.717) is 12.1 Å². The lowest BCUT2D eigenvalue weighted by molar-refractivity contribution is 0.317. The van der Waals surface area contributed by atoms with E-state index in [1.54, 1.807) is 0 Å². The van der Waals surface area contributed by atoms with Crippen molar-refractivity contribution in [1.82, 2.24) is 0 Å². The highest BCUT2D eigenvalue weighted by atomic mass is 16.4. The highest BCUT2D eigenvalue weighted by Crippen LogP contribution is 2.02. The molecule has 4 heteroatoms. The van der Waals surface area contributed by atoms with E-state index in [4.69, 9.17) is 10.4 Å². The van der Waals surface area contributed by atoms with Crippen LogP contribution in [0.5, 0.6) is 0 Å². The Bertz CT molecular complexity index is 307. The molecule has 0 saturated heterocycles. The average molecular weight is 178 g/mol. The minimum absolute atomic E-state index is 0.303. The van der Waals surface area contributed by atoms with Crippen molar-refractivity contribution in [3.8, 4) is 0 Å². The average Bonchev–Trinajstić information content (AvgIpc) is 2.21. The zero-order chi connectivity index (χ0) is 9.52. The summed E-state index contributed by atoms with van der Waals surface area (Å²) in [5.41, 5.74) is 1.28. The molecule has 1 aromatic rings. The van der Waals surface area contributed by atoms with Crippen molar-refractivity contribution in [2.45, 2.75) is 6.42 Å². The van der Waals surface area contributed by atoms with Crippen LogP contribution in [0.3, 0.4) is 0 Å². The zero-order valence-corrected chi connectivity index (χ0v) is 6.96. The van der Waals surface area contributed by atoms with E-state index < -0.39 is 0 Å². The fraction of sp³-hybridized carbons (Fsp3) is 0.111. The second-order valence-electron chi connectivity index (χ2n) is 2.41. The normalized spacial score (nSPS) is 12.2. The monoisotopic (exact) mass is 178 g/mol. The first-order valence-corrected chi connectivity index (χ1v) is 3.80. The third-order valence-electron chi connectivity index (χ3n) is 1.59. The third kappa shape index (κ3) is 2.59. The molecule has 0 bridgehead atoms. The molecule has 0 aromatic heterocycles. The van der Waals surface area contributed by atoms with Gasteiger partial charge < -0.3 is 10.4 Å². The van der Waals surface area contributed by atoms with Crippen LogP contribution in [0.2, 0.25) is 0 Å². The van der Waals surface area contributed by atoms with E-state index in [9.17, 15) is 0 Å². The van der Waals surface area contributed by atoms with E-state index in [2.05, 4.69) is 10.3 Å². The summed E-state index contributed by atoms with van der Waals surface area (Å²) in [5, 5.41) is 22.8. The number of oxime groups is 2. The lowest BCUT2D eigenvalue weighted by Crippen LogP contribution is -2.01. The van der Waals surface area contributed by atoms with Crippen molar-refractivity contribution in [2.24, 2.45) is 10.3 Å². The summed E-state index contributed by atoms with van der Waals surface area (Å²) < 4.78 is 0. The van der Waals surface area contributed by atoms with Gasteiger partial charge in [0.1, 0.15) is 0 Å². The van der Waals surface area contributed by atoms with E-state index in [1.807, 2.05) is 30.3 Å². The number of benzene rings is 1. The number of hydrogen-bond donors (Lipinski definition) is 2. The Balaban J connectivity index is 2.80. The molecule has 0 amide bonds. The molecule has 1 aromatic carbocycles. The molecule has 1 rings (SSSR count). The summed E-state index contributed by atoms with van der Waals surface area (Å²) in [4.78, 5) is 0. The van der Waals surface area contributed by atoms with Crippen LogP contribution in [0.15, 0.2) is 40.6 Å². The van der Waals surface area contributed by atoms with Crippen molar-refractivity contribution in [3.63, 3.8) is 0 Å². The van der Waals surface area contributed by atoms with Gasteiger partial charge in [-0.15, -0.1) is 5.16 Å². The minimum Gasteiger partial charge on any atom is -0.411 e. The summed E-state index contributed by atoms with van der Waals surface area (Å²) in [5.74, 6) is 0. The maximum absolute atomic E-state index is 8.65. The summed E-state index contributed by atoms with van der Waals surface area (Å²) in [7, 11) is 0. The van der Waals surface area contributed by atoms with Crippen LogP contribution in [0, 0.1) is 0 Å². The van der Waals surface area contributed by atoms with Gasteiger partial charge >= 0.3 is 0 Å². The van der Waals surface area contributed by atoms with Gasteiger partial charge in [0.05, 0.1) is 5.71 Å². The molecule has 2 N–H and O–H groups in total. The molecule has 0 radical (unpaired) electrons. The number of nitrogens with zero attached hydrogens (tertiary/aromatic N) is 2. The van der Waals surface area contributed by atoms with Gasteiger partial charge in [-0.2, -0.15) is 0 Å². The molecule has 0 unspecified atom stereocenters. The SMILES string of the molecule is O/N=C(/C/C=N/O)c1ccccc1. The maximum atomic E-state index is 8.65. The second-order valence-corrected chi connectivity index (χ2v) is 2.41. The molecule has 13 heavy (non-hydrogen) atoms. The highest BCUT2D eigenvalue weighted by molar-refractivity contribution is 6.06. The molecule has 68 valence electrons. The first kappa shape index (κ1) is 9.25. The Labute approximate surface area is 75.8 Å². The summed E-state index contributed by atoms with van der Waals surface area (Å²) in [6.45, 7) is 0. The van der Waals surface area contributed by atoms with Gasteiger partial charge in [-0.05, 0) is 5.56 Å². The Morgan fingerprint density at radius 1 is 1.23 bits per heavy atom. The lowest BCUT2D eigenvalue weighted by atomic mass is 10.1. The molecule has 0 spiro atoms. The third-order valence-corrected chi connectivity index (χ3v) is 1.59. The van der Waals surface area contributed by atoms with Crippen LogP contribution in [-0.2, 0) is 0 Å². The van der Waals surface area contributed by atoms with Gasteiger partial charge in [0.2, 0.25) is 0 Å². The largest absolute Gasteiger partial charge is 0.411 e. The zero-order valence-electron chi connectivity index (χ0n) is 6.96. The molecule has 4 nitrogen and oxygen atoms in total. The maximum Gasteiger partial charge on any atom is 0.0922 e. The minimum atomic E-state index is 0.303. The fourth-order valence-corrected chi connectivity index (χ4v) is 0.974. The molecule has 0 heterocycles. The first-order valence-electron chi connectivity index (χ1n) is 3.80. The van der Waals surface area contributed by atoms with Crippen molar-refractivity contribution in [1.29, 1.82) is 0 Å². The Kier molecular flexibility index (Phi) is 3.50. The van der Waals surface area contributed by atoms with E-state index in [-0.39, 0.29) is 0 Å². The molecule has 0 aliphatic rings. The summed E-state index contributed by atoms with van der Waals surface area (Å²) in [6, 6.07) is 9.20. The predicted molar refractivity (Wildman–Crippen MR) is 49.7 cm³/mol. The molecular weight excluding hydrogens is 168 g/mol. The molecule has 0 fully saturated rings. The van der Waals surface area contributed by atoms with Crippen molar-refractivity contribution in [2.75, 3.05) is 0 Å². The van der Waals surface area contributed by atoms with Crippen LogP contribution in [0.25, 0.3) is 0 Å². The van der Waals surface area contributed by atoms with Gasteiger partial charge in [0, 0.05) is 12.6 Å². The number of rotatable bonds is 3. The van der Waals surface area contributed by atoms with Crippen molar-refractivity contribution in [3.05, 3.63) is 35.9 Å². The van der Waals surface area contributed by atoms with Gasteiger partial charge in [-0.25, -0.2) is 0 Å². The van der Waals surface area contributed by atoms with Crippen LogP contribution in [0.1, 0.15) is 12.0 Å². The molecule has 0 aliphatic heterocycles. The lowest BCUT2D eigenvalue weighted by Gasteiger charge is -1.99. The van der Waals surface area contributed by atoms with E-state index >= 15 is 0 Å². The molecule has 0 saturated carbocycles. The van der Waals surface area contributed by atoms with Gasteiger partial charge in [0.25, 0.3) is 0 Å². The molecule has 0 aliphatic carbocycles. The standard InChI is InChI=1S/C9H10N2O2/c12-10-7-6-9(11-13)8-4-2-1-3-5-8/h1-5,7,12-13H,6H2/b10-7+,11-9-. The highest BCUT2D eigenvalue weighted by Gasteiger charge is 2.00. The van der Waals surface area contributed by atoms with Crippen molar-refractivity contribution < 1.29 is 10.4 Å². The Hall–Kier alpha value is -1.84. The molecule has 0 atom stereocenters. The summed E-state index contributed by atoms with van der Waals surface area (Å²) >= 11 is 0. The topological polar surface area (TPSA) is 65.2 Å². The predicted octanol–water partition coefficient (Wildman–Crippen LogP) is 1.71. The quantitative estimate of drug-likeness (QED) is 0.420. The summed E-state index contributed by atoms with van der Waals surface area (Å²) in [6.07, 6.45) is 1.57. The smallest absolute Gasteiger partial charge is 0.0922 e. The van der Waals surface area contributed by atoms with E-state index in [0.717, 1.165) is 5.56 Å². The second kappa shape index (κ2) is 4.92. The fourth-order valence-electron chi connectivity index (χ4n) is 0.974. The molecular formula is C9H10N2O2. The van der Waals surface area contributed by atoms with Gasteiger partial charge in [0.15, 0.2) is 0 Å². The van der Waals surface area contributed by atoms with Crippen molar-refractivity contribution >= 4 is 11.9 Å².